The van der Waals surface area contributed by atoms with Crippen molar-refractivity contribution >= 4 is 21.6 Å². The van der Waals surface area contributed by atoms with E-state index in [1.54, 1.807) is 19.1 Å². The number of anilines is 1. The minimum absolute atomic E-state index is 0.0425. The first-order chi connectivity index (χ1) is 15.7. The van der Waals surface area contributed by atoms with E-state index < -0.39 is 15.6 Å². The number of fused-ring (bicyclic) bond motifs is 1. The maximum Gasteiger partial charge on any atom is 0.243 e. The summed E-state index contributed by atoms with van der Waals surface area (Å²) in [4.78, 5) is 12.8. The molecule has 0 aliphatic carbocycles. The van der Waals surface area contributed by atoms with Gasteiger partial charge in [-0.25, -0.2) is 8.42 Å². The number of benzene rings is 2. The lowest BCUT2D eigenvalue weighted by atomic mass is 9.94. The van der Waals surface area contributed by atoms with Gasteiger partial charge in [0.2, 0.25) is 22.7 Å². The molecule has 0 unspecified atom stereocenters. The van der Waals surface area contributed by atoms with E-state index in [4.69, 9.17) is 14.2 Å². The summed E-state index contributed by atoms with van der Waals surface area (Å²) in [6, 6.07) is 10.6. The Hall–Kier alpha value is -2.66. The molecule has 4 rings (SSSR count). The van der Waals surface area contributed by atoms with Crippen molar-refractivity contribution in [3.8, 4) is 11.5 Å². The summed E-state index contributed by atoms with van der Waals surface area (Å²) in [5.41, 5.74) is 1.51. The van der Waals surface area contributed by atoms with Crippen LogP contribution in [0.1, 0.15) is 25.0 Å². The molecule has 0 atom stereocenters. The van der Waals surface area contributed by atoms with E-state index in [-0.39, 0.29) is 24.1 Å². The number of nitrogens with zero attached hydrogens (tertiary/aromatic N) is 1. The molecule has 2 aromatic carbocycles. The Morgan fingerprint density at radius 1 is 1.06 bits per heavy atom. The number of ether oxygens (including phenoxy) is 3. The molecule has 0 saturated carbocycles. The first kappa shape index (κ1) is 23.5. The van der Waals surface area contributed by atoms with Crippen molar-refractivity contribution in [3.05, 3.63) is 47.5 Å². The van der Waals surface area contributed by atoms with Crippen LogP contribution in [0.3, 0.4) is 0 Å². The summed E-state index contributed by atoms with van der Waals surface area (Å²) < 4.78 is 43.6. The number of hydrogen-bond acceptors (Lipinski definition) is 7. The summed E-state index contributed by atoms with van der Waals surface area (Å²) in [5.74, 6) is 1.11. The minimum Gasteiger partial charge on any atom is -0.454 e. The molecule has 33 heavy (non-hydrogen) atoms. The molecule has 0 spiro atoms. The van der Waals surface area contributed by atoms with Crippen LogP contribution >= 0.6 is 0 Å². The second kappa shape index (κ2) is 9.30. The average molecular weight is 476 g/mol. The Morgan fingerprint density at radius 3 is 2.55 bits per heavy atom. The molecule has 9 nitrogen and oxygen atoms in total. The zero-order valence-electron chi connectivity index (χ0n) is 19.0. The van der Waals surface area contributed by atoms with Crippen LogP contribution in [0.2, 0.25) is 0 Å². The summed E-state index contributed by atoms with van der Waals surface area (Å²) in [6.45, 7) is 7.31. The topological polar surface area (TPSA) is 106 Å². The number of aryl methyl sites for hydroxylation is 1. The first-order valence-electron chi connectivity index (χ1n) is 10.8. The fourth-order valence-electron chi connectivity index (χ4n) is 3.78. The zero-order chi connectivity index (χ0) is 23.6. The molecule has 1 saturated heterocycles. The molecule has 0 radical (unpaired) electrons. The number of hydrogen-bond donors (Lipinski definition) is 2. The minimum atomic E-state index is -3.66. The quantitative estimate of drug-likeness (QED) is 0.632. The van der Waals surface area contributed by atoms with Crippen LogP contribution in [-0.2, 0) is 25.1 Å². The van der Waals surface area contributed by atoms with Gasteiger partial charge in [0, 0.05) is 24.3 Å². The van der Waals surface area contributed by atoms with Gasteiger partial charge in [-0.15, -0.1) is 0 Å². The van der Waals surface area contributed by atoms with Crippen LogP contribution in [0.4, 0.5) is 5.69 Å². The van der Waals surface area contributed by atoms with Crippen LogP contribution in [0.5, 0.6) is 11.5 Å². The van der Waals surface area contributed by atoms with Gasteiger partial charge in [0.1, 0.15) is 0 Å². The van der Waals surface area contributed by atoms with Crippen LogP contribution in [0.15, 0.2) is 41.3 Å². The third kappa shape index (κ3) is 5.14. The molecule has 0 bridgehead atoms. The number of carbonyl (C=O) groups excluding carboxylic acids is 1. The number of carbonyl (C=O) groups is 1. The van der Waals surface area contributed by atoms with Gasteiger partial charge in [-0.05, 0) is 56.2 Å². The molecule has 2 N–H and O–H groups in total. The third-order valence-electron chi connectivity index (χ3n) is 5.84. The lowest BCUT2D eigenvalue weighted by Crippen LogP contribution is -2.41. The van der Waals surface area contributed by atoms with Crippen molar-refractivity contribution in [1.29, 1.82) is 0 Å². The largest absolute Gasteiger partial charge is 0.454 e. The summed E-state index contributed by atoms with van der Waals surface area (Å²) >= 11 is 0. The average Bonchev–Trinajstić information content (AvgIpc) is 3.28. The number of nitrogens with one attached hydrogen (secondary N) is 2. The Labute approximate surface area is 194 Å². The van der Waals surface area contributed by atoms with Gasteiger partial charge in [-0.2, -0.15) is 4.31 Å². The highest BCUT2D eigenvalue weighted by Crippen LogP contribution is 2.35. The Balaban J connectivity index is 1.42. The molecule has 0 aromatic heterocycles. The molecule has 2 aliphatic heterocycles. The van der Waals surface area contributed by atoms with Crippen molar-refractivity contribution in [1.82, 2.24) is 9.62 Å². The fourth-order valence-corrected chi connectivity index (χ4v) is 5.43. The maximum atomic E-state index is 13.1. The molecular weight excluding hydrogens is 446 g/mol. The Morgan fingerprint density at radius 2 is 1.79 bits per heavy atom. The predicted octanol–water partition coefficient (Wildman–Crippen LogP) is 2.21. The SMILES string of the molecule is Cc1ccc(NC(=O)CNC(C)(C)c2ccc3c(c2)OCO3)cc1S(=O)(=O)N1CCOCC1. The second-order valence-corrected chi connectivity index (χ2v) is 10.5. The van der Waals surface area contributed by atoms with Gasteiger partial charge in [-0.3, -0.25) is 10.1 Å². The van der Waals surface area contributed by atoms with Crippen molar-refractivity contribution in [2.75, 3.05) is 45.0 Å². The van der Waals surface area contributed by atoms with E-state index in [2.05, 4.69) is 10.6 Å². The molecule has 2 aromatic rings. The maximum absolute atomic E-state index is 13.1. The Kier molecular flexibility index (Phi) is 6.62. The summed E-state index contributed by atoms with van der Waals surface area (Å²) in [5, 5.41) is 6.04. The second-order valence-electron chi connectivity index (χ2n) is 8.59. The third-order valence-corrected chi connectivity index (χ3v) is 7.89. The Bertz CT molecular complexity index is 1140. The lowest BCUT2D eigenvalue weighted by Gasteiger charge is -2.27. The number of sulfonamides is 1. The molecule has 1 amide bonds. The van der Waals surface area contributed by atoms with Gasteiger partial charge in [0.05, 0.1) is 24.7 Å². The number of morpholine rings is 1. The first-order valence-corrected chi connectivity index (χ1v) is 12.2. The van der Waals surface area contributed by atoms with E-state index in [1.807, 2.05) is 32.0 Å². The molecule has 1 fully saturated rings. The van der Waals surface area contributed by atoms with Gasteiger partial charge in [-0.1, -0.05) is 12.1 Å². The van der Waals surface area contributed by atoms with E-state index in [1.165, 1.54) is 10.4 Å². The van der Waals surface area contributed by atoms with Crippen LogP contribution < -0.4 is 20.1 Å². The lowest BCUT2D eigenvalue weighted by molar-refractivity contribution is -0.115. The summed E-state index contributed by atoms with van der Waals surface area (Å²) in [6.07, 6.45) is 0. The number of amides is 1. The summed E-state index contributed by atoms with van der Waals surface area (Å²) in [7, 11) is -3.66. The van der Waals surface area contributed by atoms with Crippen molar-refractivity contribution in [2.24, 2.45) is 0 Å². The molecule has 2 heterocycles. The van der Waals surface area contributed by atoms with E-state index in [9.17, 15) is 13.2 Å². The predicted molar refractivity (Wildman–Crippen MR) is 123 cm³/mol. The monoisotopic (exact) mass is 475 g/mol. The van der Waals surface area contributed by atoms with Crippen molar-refractivity contribution < 1.29 is 27.4 Å². The highest BCUT2D eigenvalue weighted by molar-refractivity contribution is 7.89. The van der Waals surface area contributed by atoms with Crippen molar-refractivity contribution in [3.63, 3.8) is 0 Å². The normalized spacial score (nSPS) is 16.6. The highest BCUT2D eigenvalue weighted by Gasteiger charge is 2.28. The van der Waals surface area contributed by atoms with Gasteiger partial charge in [0.15, 0.2) is 11.5 Å². The fraction of sp³-hybridized carbons (Fsp3) is 0.435. The zero-order valence-corrected chi connectivity index (χ0v) is 19.8. The molecule has 2 aliphatic rings. The van der Waals surface area contributed by atoms with Gasteiger partial charge >= 0.3 is 0 Å². The van der Waals surface area contributed by atoms with Crippen LogP contribution in [0, 0.1) is 6.92 Å². The van der Waals surface area contributed by atoms with E-state index in [0.29, 0.717) is 49.1 Å². The van der Waals surface area contributed by atoms with E-state index in [0.717, 1.165) is 5.56 Å². The smallest absolute Gasteiger partial charge is 0.243 e. The molecule has 10 heteroatoms. The van der Waals surface area contributed by atoms with Gasteiger partial charge in [0.25, 0.3) is 0 Å². The van der Waals surface area contributed by atoms with Gasteiger partial charge < -0.3 is 19.5 Å². The van der Waals surface area contributed by atoms with E-state index >= 15 is 0 Å². The molecule has 178 valence electrons. The van der Waals surface area contributed by atoms with Crippen molar-refractivity contribution in [2.45, 2.75) is 31.2 Å². The standard InChI is InChI=1S/C23H29N3O6S/c1-16-4-6-18(13-21(16)33(28,29)26-8-10-30-11-9-26)25-22(27)14-24-23(2,3)17-5-7-19-20(12-17)32-15-31-19/h4-7,12-13,24H,8-11,14-15H2,1-3H3,(H,25,27). The highest BCUT2D eigenvalue weighted by atomic mass is 32.2. The van der Waals surface area contributed by atoms with Crippen LogP contribution in [0.25, 0.3) is 0 Å². The number of rotatable bonds is 7. The van der Waals surface area contributed by atoms with Crippen LogP contribution in [-0.4, -0.2) is 58.3 Å². The molecular formula is C23H29N3O6S.